The lowest BCUT2D eigenvalue weighted by Crippen LogP contribution is -2.46. The molecule has 168 valence electrons. The third-order valence-corrected chi connectivity index (χ3v) is 6.58. The number of hydrogen-bond donors (Lipinski definition) is 2. The molecule has 2 fully saturated rings. The van der Waals surface area contributed by atoms with E-state index in [0.717, 1.165) is 42.8 Å². The van der Waals surface area contributed by atoms with Crippen LogP contribution in [0.5, 0.6) is 0 Å². The van der Waals surface area contributed by atoms with Crippen LogP contribution in [0.1, 0.15) is 48.8 Å². The summed E-state index contributed by atoms with van der Waals surface area (Å²) in [6.07, 6.45) is 1.78. The molecule has 0 spiro atoms. The molecule has 0 aromatic heterocycles. The molecule has 2 heterocycles. The van der Waals surface area contributed by atoms with Crippen molar-refractivity contribution in [3.05, 3.63) is 65.2 Å². The van der Waals surface area contributed by atoms with E-state index in [1.54, 1.807) is 7.11 Å². The Morgan fingerprint density at radius 2 is 1.94 bits per heavy atom. The number of nitrogen functional groups attached to an aromatic ring is 1. The molecule has 0 bridgehead atoms. The van der Waals surface area contributed by atoms with Crippen molar-refractivity contribution in [2.45, 2.75) is 50.9 Å². The Bertz CT molecular complexity index is 844. The second-order valence-electron chi connectivity index (χ2n) is 8.74. The van der Waals surface area contributed by atoms with Gasteiger partial charge in [0, 0.05) is 36.9 Å². The van der Waals surface area contributed by atoms with Gasteiger partial charge in [0.1, 0.15) is 0 Å². The summed E-state index contributed by atoms with van der Waals surface area (Å²) in [5.41, 5.74) is 9.66. The molecule has 6 heteroatoms. The highest BCUT2D eigenvalue weighted by Crippen LogP contribution is 2.42. The van der Waals surface area contributed by atoms with E-state index < -0.39 is 6.29 Å². The largest absolute Gasteiger partial charge is 0.399 e. The summed E-state index contributed by atoms with van der Waals surface area (Å²) < 4.78 is 18.5. The molecule has 31 heavy (non-hydrogen) atoms. The minimum absolute atomic E-state index is 0.0140. The SMILES string of the molecule is COCC1CCCN1CC1OC(c2cccc(N)c2)OC(c2ccc(CO)cc2)C1C. The zero-order chi connectivity index (χ0) is 21.8. The van der Waals surface area contributed by atoms with Gasteiger partial charge in [0.2, 0.25) is 0 Å². The van der Waals surface area contributed by atoms with Gasteiger partial charge < -0.3 is 25.1 Å². The van der Waals surface area contributed by atoms with Gasteiger partial charge in [-0.3, -0.25) is 4.90 Å². The summed E-state index contributed by atoms with van der Waals surface area (Å²) in [5.74, 6) is 0.168. The lowest BCUT2D eigenvalue weighted by Gasteiger charge is -2.43. The lowest BCUT2D eigenvalue weighted by molar-refractivity contribution is -0.276. The molecule has 4 rings (SSSR count). The van der Waals surface area contributed by atoms with Gasteiger partial charge in [0.05, 0.1) is 25.4 Å². The topological polar surface area (TPSA) is 77.2 Å². The second kappa shape index (κ2) is 10.1. The molecule has 2 aromatic rings. The van der Waals surface area contributed by atoms with Gasteiger partial charge in [0.15, 0.2) is 6.29 Å². The average Bonchev–Trinajstić information content (AvgIpc) is 3.22. The molecule has 6 nitrogen and oxygen atoms in total. The molecule has 2 saturated heterocycles. The van der Waals surface area contributed by atoms with E-state index in [1.165, 1.54) is 6.42 Å². The average molecular weight is 427 g/mol. The van der Waals surface area contributed by atoms with Crippen LogP contribution in [-0.2, 0) is 20.8 Å². The Morgan fingerprint density at radius 3 is 2.65 bits per heavy atom. The molecule has 5 atom stereocenters. The predicted octanol–water partition coefficient (Wildman–Crippen LogP) is 3.66. The van der Waals surface area contributed by atoms with E-state index >= 15 is 0 Å². The van der Waals surface area contributed by atoms with Gasteiger partial charge in [-0.25, -0.2) is 0 Å². The number of aliphatic hydroxyl groups is 1. The van der Waals surface area contributed by atoms with E-state index in [-0.39, 0.29) is 24.7 Å². The van der Waals surface area contributed by atoms with E-state index in [9.17, 15) is 5.11 Å². The Morgan fingerprint density at radius 1 is 1.13 bits per heavy atom. The molecule has 2 aromatic carbocycles. The summed E-state index contributed by atoms with van der Waals surface area (Å²) in [4.78, 5) is 2.50. The van der Waals surface area contributed by atoms with E-state index in [4.69, 9.17) is 19.9 Å². The number of likely N-dealkylation sites (tertiary alicyclic amines) is 1. The number of rotatable bonds is 7. The molecule has 3 N–H and O–H groups in total. The van der Waals surface area contributed by atoms with Gasteiger partial charge in [-0.15, -0.1) is 0 Å². The third-order valence-electron chi connectivity index (χ3n) is 6.58. The molecule has 0 radical (unpaired) electrons. The maximum absolute atomic E-state index is 9.40. The summed E-state index contributed by atoms with van der Waals surface area (Å²) in [6, 6.07) is 16.2. The molecule has 0 amide bonds. The van der Waals surface area contributed by atoms with Crippen molar-refractivity contribution in [2.75, 3.05) is 32.5 Å². The van der Waals surface area contributed by atoms with Crippen molar-refractivity contribution in [1.82, 2.24) is 4.90 Å². The Labute approximate surface area is 184 Å². The first-order valence-electron chi connectivity index (χ1n) is 11.2. The normalized spacial score (nSPS) is 29.3. The van der Waals surface area contributed by atoms with Crippen LogP contribution in [-0.4, -0.2) is 49.0 Å². The zero-order valence-corrected chi connectivity index (χ0v) is 18.4. The quantitative estimate of drug-likeness (QED) is 0.658. The van der Waals surface area contributed by atoms with E-state index in [0.29, 0.717) is 11.7 Å². The van der Waals surface area contributed by atoms with Crippen molar-refractivity contribution in [3.63, 3.8) is 0 Å². The van der Waals surface area contributed by atoms with E-state index in [2.05, 4.69) is 24.0 Å². The number of hydrogen-bond acceptors (Lipinski definition) is 6. The highest BCUT2D eigenvalue weighted by atomic mass is 16.7. The first kappa shape index (κ1) is 22.2. The standard InChI is InChI=1S/C25H34N2O4/c1-17-23(14-27-12-4-7-22(27)16-29-2)30-25(20-5-3-6-21(26)13-20)31-24(17)19-10-8-18(15-28)9-11-19/h3,5-6,8-11,13,17,22-25,28H,4,7,12,14-16,26H2,1-2H3. The van der Waals surface area contributed by atoms with Crippen molar-refractivity contribution in [1.29, 1.82) is 0 Å². The number of nitrogens with zero attached hydrogens (tertiary/aromatic N) is 1. The fourth-order valence-electron chi connectivity index (χ4n) is 4.78. The van der Waals surface area contributed by atoms with Crippen molar-refractivity contribution < 1.29 is 19.3 Å². The number of ether oxygens (including phenoxy) is 3. The van der Waals surface area contributed by atoms with Gasteiger partial charge in [0.25, 0.3) is 0 Å². The van der Waals surface area contributed by atoms with Crippen LogP contribution in [0.15, 0.2) is 48.5 Å². The van der Waals surface area contributed by atoms with Crippen LogP contribution in [0.4, 0.5) is 5.69 Å². The Kier molecular flexibility index (Phi) is 7.25. The number of nitrogens with two attached hydrogens (primary N) is 1. The van der Waals surface area contributed by atoms with Crippen molar-refractivity contribution in [2.24, 2.45) is 5.92 Å². The first-order chi connectivity index (χ1) is 15.1. The molecular formula is C25H34N2O4. The Hall–Kier alpha value is -1.96. The fourth-order valence-corrected chi connectivity index (χ4v) is 4.78. The molecule has 2 aliphatic rings. The van der Waals surface area contributed by atoms with E-state index in [1.807, 2.05) is 36.4 Å². The Balaban J connectivity index is 1.59. The van der Waals surface area contributed by atoms with Crippen LogP contribution >= 0.6 is 0 Å². The number of methoxy groups -OCH3 is 1. The molecule has 5 unspecified atom stereocenters. The van der Waals surface area contributed by atoms with Crippen molar-refractivity contribution >= 4 is 5.69 Å². The van der Waals surface area contributed by atoms with Crippen LogP contribution in [0.3, 0.4) is 0 Å². The first-order valence-corrected chi connectivity index (χ1v) is 11.2. The van der Waals surface area contributed by atoms with Crippen LogP contribution < -0.4 is 5.73 Å². The highest BCUT2D eigenvalue weighted by molar-refractivity contribution is 5.41. The van der Waals surface area contributed by atoms with Crippen LogP contribution in [0.25, 0.3) is 0 Å². The van der Waals surface area contributed by atoms with Crippen LogP contribution in [0, 0.1) is 5.92 Å². The maximum Gasteiger partial charge on any atom is 0.185 e. The van der Waals surface area contributed by atoms with Crippen molar-refractivity contribution in [3.8, 4) is 0 Å². The lowest BCUT2D eigenvalue weighted by atomic mass is 9.90. The van der Waals surface area contributed by atoms with Gasteiger partial charge >= 0.3 is 0 Å². The molecular weight excluding hydrogens is 392 g/mol. The summed E-state index contributed by atoms with van der Waals surface area (Å²) >= 11 is 0. The summed E-state index contributed by atoms with van der Waals surface area (Å²) in [7, 11) is 1.77. The molecule has 2 aliphatic heterocycles. The second-order valence-corrected chi connectivity index (χ2v) is 8.74. The molecule has 0 aliphatic carbocycles. The monoisotopic (exact) mass is 426 g/mol. The highest BCUT2D eigenvalue weighted by Gasteiger charge is 2.40. The predicted molar refractivity (Wildman–Crippen MR) is 120 cm³/mol. The molecule has 0 saturated carbocycles. The van der Waals surface area contributed by atoms with Crippen LogP contribution in [0.2, 0.25) is 0 Å². The number of anilines is 1. The minimum Gasteiger partial charge on any atom is -0.399 e. The maximum atomic E-state index is 9.40. The zero-order valence-electron chi connectivity index (χ0n) is 18.4. The fraction of sp³-hybridized carbons (Fsp3) is 0.520. The smallest absolute Gasteiger partial charge is 0.185 e. The minimum atomic E-state index is -0.476. The number of benzene rings is 2. The third kappa shape index (κ3) is 5.10. The van der Waals surface area contributed by atoms with Gasteiger partial charge in [-0.05, 0) is 42.6 Å². The number of aliphatic hydroxyl groups excluding tert-OH is 1. The van der Waals surface area contributed by atoms with Gasteiger partial charge in [-0.2, -0.15) is 0 Å². The summed E-state index contributed by atoms with van der Waals surface area (Å²) in [6.45, 7) is 4.91. The summed E-state index contributed by atoms with van der Waals surface area (Å²) in [5, 5.41) is 9.40. The van der Waals surface area contributed by atoms with Gasteiger partial charge in [-0.1, -0.05) is 43.3 Å².